The van der Waals surface area contributed by atoms with Gasteiger partial charge in [0.05, 0.1) is 0 Å². The molecule has 2 nitrogen and oxygen atoms in total. The van der Waals surface area contributed by atoms with E-state index in [0.29, 0.717) is 12.1 Å². The van der Waals surface area contributed by atoms with Crippen LogP contribution in [0.25, 0.3) is 0 Å². The molecule has 0 aliphatic carbocycles. The van der Waals surface area contributed by atoms with Crippen LogP contribution in [0.4, 0.5) is 0 Å². The molecule has 1 heterocycles. The number of piperidine rings is 1. The summed E-state index contributed by atoms with van der Waals surface area (Å²) in [6, 6.07) is 7.34. The van der Waals surface area contributed by atoms with Crippen LogP contribution in [-0.4, -0.2) is 12.6 Å². The zero-order chi connectivity index (χ0) is 10.8. The summed E-state index contributed by atoms with van der Waals surface area (Å²) in [5.41, 5.74) is 10.2. The zero-order valence-electron chi connectivity index (χ0n) is 9.59. The second-order valence-corrected chi connectivity index (χ2v) is 4.58. The maximum Gasteiger partial charge on any atom is 0.0337 e. The van der Waals surface area contributed by atoms with Crippen molar-refractivity contribution in [2.75, 3.05) is 6.54 Å². The third-order valence-corrected chi connectivity index (χ3v) is 3.47. The Morgan fingerprint density at radius 1 is 1.33 bits per heavy atom. The lowest BCUT2D eigenvalue weighted by Crippen LogP contribution is -2.38. The number of benzene rings is 1. The molecule has 0 bridgehead atoms. The number of hydrogen-bond acceptors (Lipinski definition) is 2. The number of aryl methyl sites for hydroxylation is 1. The SMILES string of the molecule is Cc1cccc(C2CC(N)CCN2)c1C. The molecule has 3 N–H and O–H groups in total. The van der Waals surface area contributed by atoms with E-state index < -0.39 is 0 Å². The van der Waals surface area contributed by atoms with Gasteiger partial charge in [-0.2, -0.15) is 0 Å². The predicted molar refractivity (Wildman–Crippen MR) is 63.9 cm³/mol. The first-order valence-electron chi connectivity index (χ1n) is 5.73. The van der Waals surface area contributed by atoms with Crippen molar-refractivity contribution in [2.45, 2.75) is 38.8 Å². The van der Waals surface area contributed by atoms with Gasteiger partial charge in [-0.25, -0.2) is 0 Å². The van der Waals surface area contributed by atoms with Gasteiger partial charge >= 0.3 is 0 Å². The first-order chi connectivity index (χ1) is 7.18. The van der Waals surface area contributed by atoms with E-state index in [4.69, 9.17) is 5.73 Å². The molecule has 0 aromatic heterocycles. The van der Waals surface area contributed by atoms with Gasteiger partial charge in [0.25, 0.3) is 0 Å². The Hall–Kier alpha value is -0.860. The summed E-state index contributed by atoms with van der Waals surface area (Å²) in [4.78, 5) is 0. The minimum absolute atomic E-state index is 0.358. The molecule has 2 unspecified atom stereocenters. The lowest BCUT2D eigenvalue weighted by molar-refractivity contribution is 0.368. The van der Waals surface area contributed by atoms with E-state index >= 15 is 0 Å². The smallest absolute Gasteiger partial charge is 0.0337 e. The van der Waals surface area contributed by atoms with Crippen molar-refractivity contribution >= 4 is 0 Å². The van der Waals surface area contributed by atoms with E-state index in [9.17, 15) is 0 Å². The number of rotatable bonds is 1. The molecular formula is C13H20N2. The molecule has 82 valence electrons. The molecule has 0 saturated carbocycles. The minimum Gasteiger partial charge on any atom is -0.328 e. The van der Waals surface area contributed by atoms with E-state index in [0.717, 1.165) is 19.4 Å². The Labute approximate surface area is 91.9 Å². The summed E-state index contributed by atoms with van der Waals surface area (Å²) in [5.74, 6) is 0. The highest BCUT2D eigenvalue weighted by atomic mass is 14.9. The van der Waals surface area contributed by atoms with Gasteiger partial charge in [-0.1, -0.05) is 18.2 Å². The number of hydrogen-bond donors (Lipinski definition) is 2. The van der Waals surface area contributed by atoms with Gasteiger partial charge in [0.1, 0.15) is 0 Å². The van der Waals surface area contributed by atoms with Crippen molar-refractivity contribution in [3.63, 3.8) is 0 Å². The molecule has 1 aromatic carbocycles. The molecule has 2 heteroatoms. The van der Waals surface area contributed by atoms with Gasteiger partial charge in [-0.05, 0) is 49.9 Å². The fourth-order valence-electron chi connectivity index (χ4n) is 2.34. The van der Waals surface area contributed by atoms with E-state index in [2.05, 4.69) is 37.4 Å². The molecular weight excluding hydrogens is 184 g/mol. The molecule has 15 heavy (non-hydrogen) atoms. The summed E-state index contributed by atoms with van der Waals surface area (Å²) in [7, 11) is 0. The number of nitrogens with one attached hydrogen (secondary N) is 1. The maximum atomic E-state index is 6.01. The fraction of sp³-hybridized carbons (Fsp3) is 0.538. The van der Waals surface area contributed by atoms with Gasteiger partial charge in [0, 0.05) is 12.1 Å². The molecule has 1 aliphatic heterocycles. The standard InChI is InChI=1S/C13H20N2/c1-9-4-3-5-12(10(9)2)13-8-11(14)6-7-15-13/h3-5,11,13,15H,6-8,14H2,1-2H3. The third kappa shape index (κ3) is 2.21. The van der Waals surface area contributed by atoms with Crippen molar-refractivity contribution in [1.82, 2.24) is 5.32 Å². The first-order valence-corrected chi connectivity index (χ1v) is 5.73. The van der Waals surface area contributed by atoms with Gasteiger partial charge in [-0.15, -0.1) is 0 Å². The van der Waals surface area contributed by atoms with Crippen LogP contribution < -0.4 is 11.1 Å². The summed E-state index contributed by atoms with van der Waals surface area (Å²) in [6.07, 6.45) is 2.16. The Morgan fingerprint density at radius 3 is 2.87 bits per heavy atom. The molecule has 2 atom stereocenters. The van der Waals surface area contributed by atoms with E-state index in [1.165, 1.54) is 16.7 Å². The topological polar surface area (TPSA) is 38.0 Å². The maximum absolute atomic E-state index is 6.01. The Bertz CT molecular complexity index is 346. The second-order valence-electron chi connectivity index (χ2n) is 4.58. The van der Waals surface area contributed by atoms with Crippen LogP contribution in [0.5, 0.6) is 0 Å². The highest BCUT2D eigenvalue weighted by Crippen LogP contribution is 2.26. The second kappa shape index (κ2) is 4.33. The monoisotopic (exact) mass is 204 g/mol. The highest BCUT2D eigenvalue weighted by molar-refractivity contribution is 5.35. The van der Waals surface area contributed by atoms with Crippen LogP contribution in [0.15, 0.2) is 18.2 Å². The van der Waals surface area contributed by atoms with Crippen molar-refractivity contribution in [3.8, 4) is 0 Å². The molecule has 0 radical (unpaired) electrons. The van der Waals surface area contributed by atoms with Crippen molar-refractivity contribution < 1.29 is 0 Å². The zero-order valence-corrected chi connectivity index (χ0v) is 9.59. The third-order valence-electron chi connectivity index (χ3n) is 3.47. The Morgan fingerprint density at radius 2 is 2.13 bits per heavy atom. The predicted octanol–water partition coefficient (Wildman–Crippen LogP) is 2.06. The fourth-order valence-corrected chi connectivity index (χ4v) is 2.34. The molecule has 1 saturated heterocycles. The van der Waals surface area contributed by atoms with E-state index in [1.54, 1.807) is 0 Å². The van der Waals surface area contributed by atoms with Gasteiger partial charge in [-0.3, -0.25) is 0 Å². The normalized spacial score (nSPS) is 26.6. The van der Waals surface area contributed by atoms with Gasteiger partial charge in [0.15, 0.2) is 0 Å². The highest BCUT2D eigenvalue weighted by Gasteiger charge is 2.21. The largest absolute Gasteiger partial charge is 0.328 e. The van der Waals surface area contributed by atoms with E-state index in [1.807, 2.05) is 0 Å². The first kappa shape index (κ1) is 10.7. The molecule has 1 aliphatic rings. The van der Waals surface area contributed by atoms with Crippen molar-refractivity contribution in [2.24, 2.45) is 5.73 Å². The average Bonchev–Trinajstić information content (AvgIpc) is 2.22. The van der Waals surface area contributed by atoms with Crippen LogP contribution in [0.3, 0.4) is 0 Å². The quantitative estimate of drug-likeness (QED) is 0.735. The summed E-state index contributed by atoms with van der Waals surface area (Å²) in [5, 5.41) is 3.55. The summed E-state index contributed by atoms with van der Waals surface area (Å²) >= 11 is 0. The molecule has 1 fully saturated rings. The van der Waals surface area contributed by atoms with Gasteiger partial charge in [0.2, 0.25) is 0 Å². The van der Waals surface area contributed by atoms with Crippen LogP contribution in [-0.2, 0) is 0 Å². The lowest BCUT2D eigenvalue weighted by Gasteiger charge is -2.29. The minimum atomic E-state index is 0.358. The summed E-state index contributed by atoms with van der Waals surface area (Å²) < 4.78 is 0. The van der Waals surface area contributed by atoms with Crippen LogP contribution in [0, 0.1) is 13.8 Å². The van der Waals surface area contributed by atoms with E-state index in [-0.39, 0.29) is 0 Å². The van der Waals surface area contributed by atoms with Crippen molar-refractivity contribution in [1.29, 1.82) is 0 Å². The molecule has 0 amide bonds. The van der Waals surface area contributed by atoms with Crippen LogP contribution >= 0.6 is 0 Å². The Kier molecular flexibility index (Phi) is 3.08. The average molecular weight is 204 g/mol. The van der Waals surface area contributed by atoms with Crippen molar-refractivity contribution in [3.05, 3.63) is 34.9 Å². The molecule has 1 aromatic rings. The number of nitrogens with two attached hydrogens (primary N) is 1. The van der Waals surface area contributed by atoms with Crippen LogP contribution in [0.1, 0.15) is 35.6 Å². The summed E-state index contributed by atoms with van der Waals surface area (Å²) in [6.45, 7) is 5.41. The Balaban J connectivity index is 2.24. The molecule has 0 spiro atoms. The lowest BCUT2D eigenvalue weighted by atomic mass is 9.90. The van der Waals surface area contributed by atoms with Crippen LogP contribution in [0.2, 0.25) is 0 Å². The van der Waals surface area contributed by atoms with Gasteiger partial charge < -0.3 is 11.1 Å². The molecule has 2 rings (SSSR count).